The van der Waals surface area contributed by atoms with Gasteiger partial charge in [0, 0.05) is 12.2 Å². The van der Waals surface area contributed by atoms with Gasteiger partial charge < -0.3 is 5.43 Å². The number of nitrogens with zero attached hydrogens (tertiary/aromatic N) is 1. The molecule has 3 rings (SSSR count). The lowest BCUT2D eigenvalue weighted by Crippen LogP contribution is -2.35. The molecule has 1 aliphatic carbocycles. The first-order valence-corrected chi connectivity index (χ1v) is 8.08. The van der Waals surface area contributed by atoms with E-state index in [9.17, 15) is 8.42 Å². The van der Waals surface area contributed by atoms with E-state index in [-0.39, 0.29) is 10.9 Å². The fourth-order valence-corrected chi connectivity index (χ4v) is 3.73. The highest BCUT2D eigenvalue weighted by Gasteiger charge is 2.26. The van der Waals surface area contributed by atoms with Crippen LogP contribution in [-0.4, -0.2) is 19.4 Å². The van der Waals surface area contributed by atoms with Gasteiger partial charge in [0.2, 0.25) is 10.0 Å². The van der Waals surface area contributed by atoms with Crippen molar-refractivity contribution in [1.82, 2.24) is 9.71 Å². The van der Waals surface area contributed by atoms with Gasteiger partial charge in [-0.05, 0) is 36.1 Å². The maximum Gasteiger partial charge on any atom is 0.242 e. The van der Waals surface area contributed by atoms with Crippen LogP contribution in [-0.2, 0) is 22.9 Å². The molecule has 6 nitrogen and oxygen atoms in total. The number of nitrogens with two attached hydrogens (primary N) is 1. The largest absolute Gasteiger partial charge is 0.308 e. The number of anilines is 1. The number of sulfonamides is 1. The second-order valence-corrected chi connectivity index (χ2v) is 6.73. The summed E-state index contributed by atoms with van der Waals surface area (Å²) in [4.78, 5) is 4.06. The number of rotatable bonds is 4. The number of pyridine rings is 1. The number of aromatic nitrogens is 1. The molecule has 2 aromatic rings. The Morgan fingerprint density at radius 1 is 1.10 bits per heavy atom. The molecule has 0 saturated heterocycles. The van der Waals surface area contributed by atoms with Crippen molar-refractivity contribution in [3.63, 3.8) is 0 Å². The van der Waals surface area contributed by atoms with Crippen molar-refractivity contribution in [1.29, 1.82) is 0 Å². The van der Waals surface area contributed by atoms with Gasteiger partial charge in [-0.15, -0.1) is 0 Å². The van der Waals surface area contributed by atoms with Crippen molar-refractivity contribution in [2.75, 3.05) is 5.43 Å². The van der Waals surface area contributed by atoms with Crippen molar-refractivity contribution >= 4 is 15.8 Å². The highest BCUT2D eigenvalue weighted by atomic mass is 32.2. The molecule has 0 radical (unpaired) electrons. The van der Waals surface area contributed by atoms with Crippen molar-refractivity contribution in [3.05, 3.63) is 53.7 Å². The number of nitrogen functional groups attached to an aromatic ring is 1. The maximum atomic E-state index is 12.3. The first kappa shape index (κ1) is 14.0. The SMILES string of the molecule is NNc1ccc(S(=O)(=O)NC2Cc3ccccc3C2)cn1. The summed E-state index contributed by atoms with van der Waals surface area (Å²) in [5.41, 5.74) is 4.76. The van der Waals surface area contributed by atoms with E-state index in [0.29, 0.717) is 18.7 Å². The Balaban J connectivity index is 1.75. The lowest BCUT2D eigenvalue weighted by atomic mass is 10.1. The van der Waals surface area contributed by atoms with Crippen LogP contribution in [0.3, 0.4) is 0 Å². The smallest absolute Gasteiger partial charge is 0.242 e. The third kappa shape index (κ3) is 2.90. The monoisotopic (exact) mass is 304 g/mol. The highest BCUT2D eigenvalue weighted by Crippen LogP contribution is 2.23. The van der Waals surface area contributed by atoms with Gasteiger partial charge in [0.15, 0.2) is 0 Å². The quantitative estimate of drug-likeness (QED) is 0.574. The third-order valence-corrected chi connectivity index (χ3v) is 5.07. The van der Waals surface area contributed by atoms with Gasteiger partial charge >= 0.3 is 0 Å². The molecule has 1 aliphatic rings. The lowest BCUT2D eigenvalue weighted by molar-refractivity contribution is 0.555. The van der Waals surface area contributed by atoms with Crippen LogP contribution in [0.1, 0.15) is 11.1 Å². The van der Waals surface area contributed by atoms with E-state index in [2.05, 4.69) is 15.1 Å². The van der Waals surface area contributed by atoms with E-state index < -0.39 is 10.0 Å². The van der Waals surface area contributed by atoms with Crippen LogP contribution >= 0.6 is 0 Å². The molecule has 4 N–H and O–H groups in total. The first-order chi connectivity index (χ1) is 10.1. The Hall–Kier alpha value is -1.96. The normalized spacial score (nSPS) is 14.9. The molecule has 1 aromatic heterocycles. The average molecular weight is 304 g/mol. The summed E-state index contributed by atoms with van der Waals surface area (Å²) in [6.45, 7) is 0. The summed E-state index contributed by atoms with van der Waals surface area (Å²) < 4.78 is 27.4. The van der Waals surface area contributed by atoms with E-state index in [4.69, 9.17) is 5.84 Å². The predicted octanol–water partition coefficient (Wildman–Crippen LogP) is 0.813. The van der Waals surface area contributed by atoms with Gasteiger partial charge in [0.05, 0.1) is 0 Å². The molecule has 0 amide bonds. The van der Waals surface area contributed by atoms with Crippen LogP contribution in [0, 0.1) is 0 Å². The molecule has 0 unspecified atom stereocenters. The third-order valence-electron chi connectivity index (χ3n) is 3.57. The van der Waals surface area contributed by atoms with Crippen LogP contribution in [0.5, 0.6) is 0 Å². The molecular formula is C14H16N4O2S. The molecule has 1 aromatic carbocycles. The van der Waals surface area contributed by atoms with Gasteiger partial charge in [-0.1, -0.05) is 24.3 Å². The molecule has 0 aliphatic heterocycles. The number of nitrogens with one attached hydrogen (secondary N) is 2. The Morgan fingerprint density at radius 2 is 1.76 bits per heavy atom. The van der Waals surface area contributed by atoms with E-state index in [1.54, 1.807) is 0 Å². The zero-order valence-electron chi connectivity index (χ0n) is 11.3. The van der Waals surface area contributed by atoms with E-state index >= 15 is 0 Å². The zero-order chi connectivity index (χ0) is 14.9. The van der Waals surface area contributed by atoms with Crippen molar-refractivity contribution in [2.45, 2.75) is 23.8 Å². The molecule has 1 heterocycles. The van der Waals surface area contributed by atoms with E-state index in [1.165, 1.54) is 29.5 Å². The van der Waals surface area contributed by atoms with Crippen LogP contribution in [0.25, 0.3) is 0 Å². The van der Waals surface area contributed by atoms with Gasteiger partial charge in [-0.2, -0.15) is 0 Å². The number of hydrogen-bond acceptors (Lipinski definition) is 5. The number of benzene rings is 1. The van der Waals surface area contributed by atoms with Crippen LogP contribution < -0.4 is 16.0 Å². The standard InChI is InChI=1S/C14H16N4O2S/c15-17-14-6-5-13(9-16-14)21(19,20)18-12-7-10-3-1-2-4-11(10)8-12/h1-6,9,12,18H,7-8,15H2,(H,16,17). The fourth-order valence-electron chi connectivity index (χ4n) is 2.55. The first-order valence-electron chi connectivity index (χ1n) is 6.60. The summed E-state index contributed by atoms with van der Waals surface area (Å²) in [6.07, 6.45) is 2.72. The second kappa shape index (κ2) is 5.44. The summed E-state index contributed by atoms with van der Waals surface area (Å²) >= 11 is 0. The van der Waals surface area contributed by atoms with Gasteiger partial charge in [0.25, 0.3) is 0 Å². The molecule has 0 spiro atoms. The summed E-state index contributed by atoms with van der Waals surface area (Å²) in [6, 6.07) is 10.9. The Morgan fingerprint density at radius 3 is 2.29 bits per heavy atom. The van der Waals surface area contributed by atoms with Crippen molar-refractivity contribution in [3.8, 4) is 0 Å². The Labute approximate surface area is 123 Å². The fraction of sp³-hybridized carbons (Fsp3) is 0.214. The second-order valence-electron chi connectivity index (χ2n) is 5.02. The minimum Gasteiger partial charge on any atom is -0.308 e. The highest BCUT2D eigenvalue weighted by molar-refractivity contribution is 7.89. The van der Waals surface area contributed by atoms with Gasteiger partial charge in [-0.3, -0.25) is 0 Å². The van der Waals surface area contributed by atoms with Gasteiger partial charge in [-0.25, -0.2) is 24.0 Å². The van der Waals surface area contributed by atoms with E-state index in [0.717, 1.165) is 0 Å². The maximum absolute atomic E-state index is 12.3. The van der Waals surface area contributed by atoms with Gasteiger partial charge in [0.1, 0.15) is 10.7 Å². The van der Waals surface area contributed by atoms with E-state index in [1.807, 2.05) is 24.3 Å². The van der Waals surface area contributed by atoms with Crippen LogP contribution in [0.15, 0.2) is 47.5 Å². The Kier molecular flexibility index (Phi) is 3.62. The Bertz CT molecular complexity index is 719. The summed E-state index contributed by atoms with van der Waals surface area (Å²) in [5.74, 6) is 5.63. The van der Waals surface area contributed by atoms with Crippen molar-refractivity contribution in [2.24, 2.45) is 5.84 Å². The molecule has 0 saturated carbocycles. The average Bonchev–Trinajstić information content (AvgIpc) is 2.88. The molecule has 7 heteroatoms. The zero-order valence-corrected chi connectivity index (χ0v) is 12.1. The van der Waals surface area contributed by atoms with Crippen LogP contribution in [0.4, 0.5) is 5.82 Å². The summed E-state index contributed by atoms with van der Waals surface area (Å²) in [5, 5.41) is 0. The molecule has 0 atom stereocenters. The number of fused-ring (bicyclic) bond motifs is 1. The molecular weight excluding hydrogens is 288 g/mol. The molecule has 110 valence electrons. The lowest BCUT2D eigenvalue weighted by Gasteiger charge is -2.12. The topological polar surface area (TPSA) is 97.1 Å². The minimum atomic E-state index is -3.57. The summed E-state index contributed by atoms with van der Waals surface area (Å²) in [7, 11) is -3.57. The molecule has 21 heavy (non-hydrogen) atoms. The molecule has 0 bridgehead atoms. The van der Waals surface area contributed by atoms with Crippen LogP contribution in [0.2, 0.25) is 0 Å². The minimum absolute atomic E-state index is 0.111. The molecule has 0 fully saturated rings. The number of hydrazine groups is 1. The van der Waals surface area contributed by atoms with Crippen molar-refractivity contribution < 1.29 is 8.42 Å². The number of hydrogen-bond donors (Lipinski definition) is 3. The predicted molar refractivity (Wildman–Crippen MR) is 80.0 cm³/mol.